The quantitative estimate of drug-likeness (QED) is 0.797. The highest BCUT2D eigenvalue weighted by Crippen LogP contribution is 2.23. The second-order valence-electron chi connectivity index (χ2n) is 6.51. The Hall–Kier alpha value is -2.25. The van der Waals surface area contributed by atoms with E-state index in [-0.39, 0.29) is 30.4 Å². The zero-order valence-corrected chi connectivity index (χ0v) is 14.3. The van der Waals surface area contributed by atoms with E-state index < -0.39 is 18.8 Å². The topological polar surface area (TPSA) is 66.8 Å². The third-order valence-corrected chi connectivity index (χ3v) is 4.29. The Morgan fingerprint density at radius 2 is 2.08 bits per heavy atom. The minimum atomic E-state index is -4.41. The third-order valence-electron chi connectivity index (χ3n) is 4.29. The van der Waals surface area contributed by atoms with Gasteiger partial charge in [-0.15, -0.1) is 0 Å². The highest BCUT2D eigenvalue weighted by atomic mass is 19.4. The number of hydrogen-bond acceptors (Lipinski definition) is 3. The molecule has 2 rings (SSSR count). The van der Waals surface area contributed by atoms with Crippen LogP contribution in [-0.2, 0) is 16.0 Å². The molecule has 1 aromatic carbocycles. The lowest BCUT2D eigenvalue weighted by Gasteiger charge is -2.32. The normalized spacial score (nSPS) is 17.8. The second-order valence-corrected chi connectivity index (χ2v) is 6.51. The number of carbonyl (C=O) groups is 2. The molecule has 0 spiro atoms. The van der Waals surface area contributed by atoms with E-state index in [0.717, 1.165) is 12.8 Å². The number of piperidine rings is 1. The van der Waals surface area contributed by atoms with Crippen LogP contribution >= 0.6 is 0 Å². The van der Waals surface area contributed by atoms with Gasteiger partial charge in [0, 0.05) is 19.5 Å². The molecule has 0 radical (unpaired) electrons. The van der Waals surface area contributed by atoms with Crippen molar-refractivity contribution in [3.63, 3.8) is 0 Å². The van der Waals surface area contributed by atoms with Gasteiger partial charge in [0.15, 0.2) is 6.61 Å². The van der Waals surface area contributed by atoms with E-state index in [1.807, 2.05) is 0 Å². The minimum absolute atomic E-state index is 0.0746. The number of hydrogen-bond donors (Lipinski definition) is 1. The van der Waals surface area contributed by atoms with Gasteiger partial charge in [-0.05, 0) is 42.9 Å². The first-order valence-electron chi connectivity index (χ1n) is 8.51. The fourth-order valence-electron chi connectivity index (χ4n) is 3.05. The van der Waals surface area contributed by atoms with Crippen molar-refractivity contribution in [2.24, 2.45) is 5.92 Å². The molecule has 1 aromatic rings. The fraction of sp³-hybridized carbons (Fsp3) is 0.556. The summed E-state index contributed by atoms with van der Waals surface area (Å²) < 4.78 is 41.4. The van der Waals surface area contributed by atoms with Gasteiger partial charge < -0.3 is 14.7 Å². The number of nitrogens with zero attached hydrogens (tertiary/aromatic N) is 1. The van der Waals surface area contributed by atoms with Crippen LogP contribution in [0.25, 0.3) is 0 Å². The summed E-state index contributed by atoms with van der Waals surface area (Å²) in [5.74, 6) is -0.710. The highest BCUT2D eigenvalue weighted by Gasteiger charge is 2.28. The molecule has 0 aromatic heterocycles. The van der Waals surface area contributed by atoms with Crippen LogP contribution in [0.15, 0.2) is 24.3 Å². The van der Waals surface area contributed by atoms with Gasteiger partial charge in [0.25, 0.3) is 0 Å². The number of aliphatic carboxylic acids is 1. The van der Waals surface area contributed by atoms with Crippen molar-refractivity contribution in [3.8, 4) is 5.75 Å². The van der Waals surface area contributed by atoms with Crippen LogP contribution in [0.4, 0.5) is 13.2 Å². The molecular formula is C18H22F3NO4. The van der Waals surface area contributed by atoms with Crippen molar-refractivity contribution >= 4 is 11.9 Å². The molecule has 5 nitrogen and oxygen atoms in total. The van der Waals surface area contributed by atoms with Gasteiger partial charge in [0.2, 0.25) is 5.91 Å². The lowest BCUT2D eigenvalue weighted by Crippen LogP contribution is -2.40. The molecule has 0 bridgehead atoms. The number of ether oxygens (including phenoxy) is 1. The number of carboxylic acid groups (broad SMARTS) is 1. The monoisotopic (exact) mass is 373 g/mol. The maximum atomic E-state index is 12.5. The smallest absolute Gasteiger partial charge is 0.422 e. The van der Waals surface area contributed by atoms with E-state index in [1.165, 1.54) is 12.1 Å². The number of rotatable bonds is 7. The average Bonchev–Trinajstić information content (AvgIpc) is 2.58. The molecule has 1 saturated heterocycles. The van der Waals surface area contributed by atoms with Gasteiger partial charge in [-0.1, -0.05) is 12.1 Å². The van der Waals surface area contributed by atoms with Crippen molar-refractivity contribution in [1.29, 1.82) is 0 Å². The van der Waals surface area contributed by atoms with Crippen LogP contribution < -0.4 is 4.74 Å². The minimum Gasteiger partial charge on any atom is -0.484 e. The fourth-order valence-corrected chi connectivity index (χ4v) is 3.05. The lowest BCUT2D eigenvalue weighted by atomic mass is 9.93. The Kier molecular flexibility index (Phi) is 6.88. The van der Waals surface area contributed by atoms with Crippen LogP contribution in [0.3, 0.4) is 0 Å². The van der Waals surface area contributed by atoms with Crippen molar-refractivity contribution in [2.75, 3.05) is 19.7 Å². The van der Waals surface area contributed by atoms with E-state index in [1.54, 1.807) is 17.0 Å². The summed E-state index contributed by atoms with van der Waals surface area (Å²) in [5.41, 5.74) is 0.585. The van der Waals surface area contributed by atoms with Crippen molar-refractivity contribution in [3.05, 3.63) is 29.8 Å². The van der Waals surface area contributed by atoms with Crippen molar-refractivity contribution in [2.45, 2.75) is 38.3 Å². The maximum Gasteiger partial charge on any atom is 0.422 e. The number of carboxylic acids is 1. The molecule has 1 N–H and O–H groups in total. The van der Waals surface area contributed by atoms with Gasteiger partial charge in [-0.2, -0.15) is 13.2 Å². The number of halogens is 3. The van der Waals surface area contributed by atoms with Crippen LogP contribution in [0.5, 0.6) is 5.75 Å². The molecule has 1 amide bonds. The maximum absolute atomic E-state index is 12.5. The largest absolute Gasteiger partial charge is 0.484 e. The Morgan fingerprint density at radius 1 is 1.31 bits per heavy atom. The zero-order chi connectivity index (χ0) is 19.2. The van der Waals surface area contributed by atoms with Gasteiger partial charge in [0.1, 0.15) is 5.75 Å². The van der Waals surface area contributed by atoms with Crippen molar-refractivity contribution < 1.29 is 32.6 Å². The summed E-state index contributed by atoms with van der Waals surface area (Å²) in [7, 11) is 0. The average molecular weight is 373 g/mol. The third kappa shape index (κ3) is 6.93. The van der Waals surface area contributed by atoms with Crippen LogP contribution in [0.1, 0.15) is 31.2 Å². The molecule has 1 aliphatic heterocycles. The van der Waals surface area contributed by atoms with Gasteiger partial charge in [-0.25, -0.2) is 0 Å². The van der Waals surface area contributed by atoms with Gasteiger partial charge in [-0.3, -0.25) is 9.59 Å². The highest BCUT2D eigenvalue weighted by molar-refractivity contribution is 5.79. The Balaban J connectivity index is 1.89. The molecule has 1 unspecified atom stereocenters. The summed E-state index contributed by atoms with van der Waals surface area (Å²) >= 11 is 0. The Morgan fingerprint density at radius 3 is 2.77 bits per heavy atom. The number of benzene rings is 1. The summed E-state index contributed by atoms with van der Waals surface area (Å²) in [4.78, 5) is 24.9. The number of likely N-dealkylation sites (tertiary alicyclic amines) is 1. The van der Waals surface area contributed by atoms with Gasteiger partial charge >= 0.3 is 12.1 Å². The first-order valence-corrected chi connectivity index (χ1v) is 8.51. The van der Waals surface area contributed by atoms with E-state index in [2.05, 4.69) is 0 Å². The first kappa shape index (κ1) is 20.1. The summed E-state index contributed by atoms with van der Waals surface area (Å²) in [6.07, 6.45) is -1.98. The molecular weight excluding hydrogens is 351 g/mol. The molecule has 1 heterocycles. The molecule has 0 aliphatic carbocycles. The summed E-state index contributed by atoms with van der Waals surface area (Å²) in [6, 6.07) is 6.09. The van der Waals surface area contributed by atoms with Crippen LogP contribution in [0.2, 0.25) is 0 Å². The standard InChI is InChI=1S/C18H22F3NO4/c19-18(20,21)12-26-15-5-1-3-14(9-15)10-16(23)22-8-2-4-13(11-22)6-7-17(24)25/h1,3,5,9,13H,2,4,6-8,10-12H2,(H,24,25). The number of alkyl halides is 3. The number of carbonyl (C=O) groups excluding carboxylic acids is 1. The van der Waals surface area contributed by atoms with E-state index >= 15 is 0 Å². The summed E-state index contributed by atoms with van der Waals surface area (Å²) in [6.45, 7) is -0.231. The SMILES string of the molecule is O=C(O)CCC1CCCN(C(=O)Cc2cccc(OCC(F)(F)F)c2)C1. The van der Waals surface area contributed by atoms with E-state index in [0.29, 0.717) is 25.1 Å². The predicted molar refractivity (Wildman–Crippen MR) is 87.9 cm³/mol. The lowest BCUT2D eigenvalue weighted by molar-refractivity contribution is -0.153. The molecule has 8 heteroatoms. The molecule has 1 atom stereocenters. The molecule has 1 aliphatic rings. The molecule has 144 valence electrons. The summed E-state index contributed by atoms with van der Waals surface area (Å²) in [5, 5.41) is 8.77. The Labute approximate surface area is 149 Å². The molecule has 26 heavy (non-hydrogen) atoms. The zero-order valence-electron chi connectivity index (χ0n) is 14.3. The van der Waals surface area contributed by atoms with E-state index in [4.69, 9.17) is 9.84 Å². The second kappa shape index (κ2) is 8.91. The molecule has 1 fully saturated rings. The Bertz CT molecular complexity index is 633. The van der Waals surface area contributed by atoms with Gasteiger partial charge in [0.05, 0.1) is 6.42 Å². The van der Waals surface area contributed by atoms with Crippen LogP contribution in [-0.4, -0.2) is 47.8 Å². The van der Waals surface area contributed by atoms with E-state index in [9.17, 15) is 22.8 Å². The van der Waals surface area contributed by atoms with Crippen LogP contribution in [0, 0.1) is 5.92 Å². The predicted octanol–water partition coefficient (Wildman–Crippen LogP) is 3.27. The number of amides is 1. The first-order chi connectivity index (χ1) is 12.2. The molecule has 0 saturated carbocycles. The van der Waals surface area contributed by atoms with Crippen molar-refractivity contribution in [1.82, 2.24) is 4.90 Å².